The van der Waals surface area contributed by atoms with Gasteiger partial charge in [-0.15, -0.1) is 35.5 Å². The van der Waals surface area contributed by atoms with Gasteiger partial charge in [0.1, 0.15) is 0 Å². The summed E-state index contributed by atoms with van der Waals surface area (Å²) in [7, 11) is 0. The van der Waals surface area contributed by atoms with Crippen molar-refractivity contribution in [2.24, 2.45) is 0 Å². The predicted octanol–water partition coefficient (Wildman–Crippen LogP) is 3.17. The summed E-state index contributed by atoms with van der Waals surface area (Å²) in [5, 5.41) is 3.88. The van der Waals surface area contributed by atoms with Crippen LogP contribution in [0.25, 0.3) is 0 Å². The zero-order valence-corrected chi connectivity index (χ0v) is 9.91. The minimum Gasteiger partial charge on any atom is -0.134 e. The van der Waals surface area contributed by atoms with Crippen molar-refractivity contribution in [1.82, 2.24) is 0 Å². The predicted molar refractivity (Wildman–Crippen MR) is 70.5 cm³/mol. The van der Waals surface area contributed by atoms with Gasteiger partial charge in [-0.3, -0.25) is 0 Å². The van der Waals surface area contributed by atoms with Crippen molar-refractivity contribution in [3.63, 3.8) is 0 Å². The average Bonchev–Trinajstić information content (AvgIpc) is 2.94. The lowest BCUT2D eigenvalue weighted by Crippen LogP contribution is -1.75. The van der Waals surface area contributed by atoms with Crippen LogP contribution in [0.4, 0.5) is 0 Å². The minimum absolute atomic E-state index is 0.844. The van der Waals surface area contributed by atoms with Gasteiger partial charge in [0, 0.05) is 0 Å². The molecule has 0 fully saturated rings. The van der Waals surface area contributed by atoms with Crippen LogP contribution in [0.3, 0.4) is 0 Å². The molecule has 0 aliphatic rings. The van der Waals surface area contributed by atoms with Crippen LogP contribution in [0.1, 0.15) is 20.9 Å². The van der Waals surface area contributed by atoms with Crippen LogP contribution in [-0.2, 0) is 0 Å². The van der Waals surface area contributed by atoms with Gasteiger partial charge in [-0.05, 0) is 34.7 Å². The topological polar surface area (TPSA) is 0 Å². The molecule has 0 aliphatic heterocycles. The third kappa shape index (κ3) is 2.02. The highest BCUT2D eigenvalue weighted by Crippen LogP contribution is 2.17. The van der Waals surface area contributed by atoms with E-state index in [9.17, 15) is 0 Å². The number of hydrogen-bond acceptors (Lipinski definition) is 2. The van der Waals surface area contributed by atoms with Gasteiger partial charge in [0.15, 0.2) is 0 Å². The fraction of sp³-hybridized carbons (Fsp3) is 0. The molecule has 0 radical (unpaired) electrons. The van der Waals surface area contributed by atoms with E-state index < -0.39 is 0 Å². The smallest absolute Gasteiger partial charge is 0.0928 e. The molecule has 0 N–H and O–H groups in total. The first-order valence-electron chi connectivity index (χ1n) is 4.45. The highest BCUT2D eigenvalue weighted by molar-refractivity contribution is 7.11. The molecule has 0 bridgehead atoms. The Morgan fingerprint density at radius 1 is 0.812 bits per heavy atom. The van der Waals surface area contributed by atoms with E-state index >= 15 is 0 Å². The Kier molecular flexibility index (Phi) is 3.13. The Labute approximate surface area is 103 Å². The summed E-state index contributed by atoms with van der Waals surface area (Å²) in [5.74, 6) is 11.3. The van der Waals surface area contributed by atoms with Crippen molar-refractivity contribution in [2.75, 3.05) is 0 Å². The van der Waals surface area contributed by atoms with Gasteiger partial charge in [0.2, 0.25) is 0 Å². The Balaban J connectivity index is 2.37. The summed E-state index contributed by atoms with van der Waals surface area (Å²) >= 11 is 3.09. The van der Waals surface area contributed by atoms with Crippen molar-refractivity contribution in [3.8, 4) is 36.5 Å². The van der Waals surface area contributed by atoms with Crippen LogP contribution in [0.2, 0.25) is 0 Å². The highest BCUT2D eigenvalue weighted by Gasteiger charge is 1.99. The molecule has 0 aromatic carbocycles. The Morgan fingerprint density at radius 3 is 1.62 bits per heavy atom. The summed E-state index contributed by atoms with van der Waals surface area (Å²) in [6.45, 7) is 0. The molecule has 0 spiro atoms. The molecule has 74 valence electrons. The van der Waals surface area contributed by atoms with E-state index in [1.54, 1.807) is 22.7 Å². The second-order valence-electron chi connectivity index (χ2n) is 2.87. The standard InChI is InChI=1S/C14H6S2/c1-3-11-7-9-15-13(11)5-6-14-12(4-2)8-10-16-14/h1-2,7-10H. The number of hydrogen-bond donors (Lipinski definition) is 0. The highest BCUT2D eigenvalue weighted by atomic mass is 32.1. The molecule has 2 rings (SSSR count). The van der Waals surface area contributed by atoms with Crippen LogP contribution in [0.15, 0.2) is 22.9 Å². The Morgan fingerprint density at radius 2 is 1.25 bits per heavy atom. The van der Waals surface area contributed by atoms with Gasteiger partial charge in [0.05, 0.1) is 20.9 Å². The molecule has 2 aromatic rings. The van der Waals surface area contributed by atoms with Crippen LogP contribution < -0.4 is 0 Å². The normalized spacial score (nSPS) is 8.62. The number of rotatable bonds is 0. The molecule has 0 nitrogen and oxygen atoms in total. The number of terminal acetylenes is 2. The monoisotopic (exact) mass is 238 g/mol. The summed E-state index contributed by atoms with van der Waals surface area (Å²) < 4.78 is 0. The molecule has 2 heterocycles. The van der Waals surface area contributed by atoms with E-state index in [1.807, 2.05) is 22.9 Å². The molecule has 0 saturated heterocycles. The van der Waals surface area contributed by atoms with Crippen LogP contribution in [0, 0.1) is 36.5 Å². The maximum Gasteiger partial charge on any atom is 0.0928 e. The maximum atomic E-state index is 5.36. The molecular weight excluding hydrogens is 232 g/mol. The zero-order chi connectivity index (χ0) is 11.4. The summed E-state index contributed by atoms with van der Waals surface area (Å²) in [6, 6.07) is 3.79. The van der Waals surface area contributed by atoms with Crippen molar-refractivity contribution in [1.29, 1.82) is 0 Å². The van der Waals surface area contributed by atoms with Gasteiger partial charge < -0.3 is 0 Å². The molecule has 0 unspecified atom stereocenters. The second kappa shape index (κ2) is 4.73. The van der Waals surface area contributed by atoms with Gasteiger partial charge in [0.25, 0.3) is 0 Å². The molecule has 0 aliphatic carbocycles. The number of thiophene rings is 2. The molecule has 0 atom stereocenters. The largest absolute Gasteiger partial charge is 0.134 e. The first-order chi connectivity index (χ1) is 7.85. The average molecular weight is 238 g/mol. The van der Waals surface area contributed by atoms with Gasteiger partial charge in [-0.2, -0.15) is 0 Å². The molecule has 0 saturated carbocycles. The molecule has 2 aromatic heterocycles. The first-order valence-corrected chi connectivity index (χ1v) is 6.21. The molecule has 2 heteroatoms. The minimum atomic E-state index is 0.844. The maximum absolute atomic E-state index is 5.36. The summed E-state index contributed by atoms with van der Waals surface area (Å²) in [4.78, 5) is 1.83. The third-order valence-corrected chi connectivity index (χ3v) is 3.59. The van der Waals surface area contributed by atoms with Crippen molar-refractivity contribution in [3.05, 3.63) is 43.8 Å². The first kappa shape index (κ1) is 10.6. The lowest BCUT2D eigenvalue weighted by atomic mass is 10.2. The van der Waals surface area contributed by atoms with Crippen molar-refractivity contribution in [2.45, 2.75) is 0 Å². The van der Waals surface area contributed by atoms with E-state index in [-0.39, 0.29) is 0 Å². The zero-order valence-electron chi connectivity index (χ0n) is 8.28. The van der Waals surface area contributed by atoms with Gasteiger partial charge in [-0.1, -0.05) is 11.8 Å². The van der Waals surface area contributed by atoms with Gasteiger partial charge >= 0.3 is 0 Å². The fourth-order valence-electron chi connectivity index (χ4n) is 1.15. The van der Waals surface area contributed by atoms with E-state index in [0.717, 1.165) is 20.9 Å². The van der Waals surface area contributed by atoms with Crippen LogP contribution in [-0.4, -0.2) is 0 Å². The Bertz CT molecular complexity index is 589. The molecular formula is C14H6S2. The van der Waals surface area contributed by atoms with Crippen molar-refractivity contribution >= 4 is 22.7 Å². The van der Waals surface area contributed by atoms with E-state index in [2.05, 4.69) is 23.7 Å². The summed E-state index contributed by atoms with van der Waals surface area (Å²) in [5.41, 5.74) is 1.69. The molecule has 16 heavy (non-hydrogen) atoms. The lowest BCUT2D eigenvalue weighted by molar-refractivity contribution is 1.78. The van der Waals surface area contributed by atoms with E-state index in [1.165, 1.54) is 0 Å². The lowest BCUT2D eigenvalue weighted by Gasteiger charge is -1.85. The fourth-order valence-corrected chi connectivity index (χ4v) is 2.56. The van der Waals surface area contributed by atoms with Crippen molar-refractivity contribution < 1.29 is 0 Å². The Hall–Kier alpha value is -1.92. The second-order valence-corrected chi connectivity index (χ2v) is 4.70. The van der Waals surface area contributed by atoms with Crippen LogP contribution in [0.5, 0.6) is 0 Å². The van der Waals surface area contributed by atoms with Crippen LogP contribution >= 0.6 is 22.7 Å². The van der Waals surface area contributed by atoms with Gasteiger partial charge in [-0.25, -0.2) is 0 Å². The quantitative estimate of drug-likeness (QED) is 0.618. The third-order valence-electron chi connectivity index (χ3n) is 1.93. The molecule has 0 amide bonds. The van der Waals surface area contributed by atoms with E-state index in [0.29, 0.717) is 0 Å². The van der Waals surface area contributed by atoms with E-state index in [4.69, 9.17) is 12.8 Å². The summed E-state index contributed by atoms with van der Waals surface area (Å²) in [6.07, 6.45) is 10.7. The SMILES string of the molecule is C#Cc1ccsc1C#Cc1sccc1C#C.